The molecule has 21 heavy (non-hydrogen) atoms. The number of ketones is 1. The lowest BCUT2D eigenvalue weighted by Crippen LogP contribution is -2.36. The van der Waals surface area contributed by atoms with E-state index in [4.69, 9.17) is 9.47 Å². The molecule has 0 saturated heterocycles. The molecule has 2 rings (SSSR count). The summed E-state index contributed by atoms with van der Waals surface area (Å²) in [6, 6.07) is 4.64. The molecule has 0 spiro atoms. The van der Waals surface area contributed by atoms with Crippen LogP contribution in [0.5, 0.6) is 11.5 Å². The van der Waals surface area contributed by atoms with Crippen LogP contribution >= 0.6 is 0 Å². The number of carbonyl (C=O) groups is 1. The summed E-state index contributed by atoms with van der Waals surface area (Å²) in [4.78, 5) is 38.0. The third kappa shape index (κ3) is 2.58. The Kier molecular flexibility index (Phi) is 3.93. The van der Waals surface area contributed by atoms with Crippen LogP contribution in [0.3, 0.4) is 0 Å². The molecular weight excluding hydrogens is 276 g/mol. The number of rotatable bonds is 4. The Bertz CT molecular complexity index is 804. The Morgan fingerprint density at radius 3 is 2.48 bits per heavy atom. The van der Waals surface area contributed by atoms with Crippen molar-refractivity contribution in [2.24, 2.45) is 0 Å². The fourth-order valence-corrected chi connectivity index (χ4v) is 1.91. The summed E-state index contributed by atoms with van der Waals surface area (Å²) in [6.07, 6.45) is 1.11. The molecule has 0 aliphatic rings. The number of methoxy groups -OCH3 is 2. The van der Waals surface area contributed by atoms with Crippen LogP contribution in [0.15, 0.2) is 34.0 Å². The van der Waals surface area contributed by atoms with Gasteiger partial charge in [0, 0.05) is 12.3 Å². The van der Waals surface area contributed by atoms with Crippen molar-refractivity contribution in [3.8, 4) is 17.2 Å². The van der Waals surface area contributed by atoms with Crippen molar-refractivity contribution in [1.82, 2.24) is 9.55 Å². The summed E-state index contributed by atoms with van der Waals surface area (Å²) in [5, 5.41) is 0. The zero-order valence-electron chi connectivity index (χ0n) is 11.8. The van der Waals surface area contributed by atoms with Crippen LogP contribution in [0.2, 0.25) is 0 Å². The van der Waals surface area contributed by atoms with E-state index in [0.29, 0.717) is 5.75 Å². The van der Waals surface area contributed by atoms with Gasteiger partial charge in [0.2, 0.25) is 0 Å². The maximum absolute atomic E-state index is 12.3. The smallest absolute Gasteiger partial charge is 0.333 e. The molecule has 0 atom stereocenters. The molecule has 110 valence electrons. The third-order valence-electron chi connectivity index (χ3n) is 2.98. The molecule has 1 heterocycles. The van der Waals surface area contributed by atoms with Gasteiger partial charge in [0.15, 0.2) is 5.78 Å². The highest BCUT2D eigenvalue weighted by Gasteiger charge is 2.16. The zero-order valence-corrected chi connectivity index (χ0v) is 11.8. The van der Waals surface area contributed by atoms with Gasteiger partial charge in [-0.1, -0.05) is 0 Å². The standard InChI is InChI=1S/C14H14N2O5/c1-8(17)10-7-15-14(19)16(13(10)18)11-5-4-9(20-2)6-12(11)21-3/h4-7H,1-3H3,(H,15,19). The number of hydrogen-bond donors (Lipinski definition) is 1. The molecule has 0 fully saturated rings. The molecule has 2 aromatic rings. The van der Waals surface area contributed by atoms with Crippen molar-refractivity contribution in [3.63, 3.8) is 0 Å². The van der Waals surface area contributed by atoms with Crippen molar-refractivity contribution < 1.29 is 14.3 Å². The van der Waals surface area contributed by atoms with Crippen LogP contribution in [-0.4, -0.2) is 29.6 Å². The number of hydrogen-bond acceptors (Lipinski definition) is 5. The van der Waals surface area contributed by atoms with E-state index in [1.807, 2.05) is 0 Å². The second-order valence-electron chi connectivity index (χ2n) is 4.24. The van der Waals surface area contributed by atoms with Gasteiger partial charge in [0.05, 0.1) is 25.5 Å². The number of ether oxygens (including phenoxy) is 2. The number of Topliss-reactive ketones (excluding diaryl/α,β-unsaturated/α-hetero) is 1. The number of nitrogens with one attached hydrogen (secondary N) is 1. The monoisotopic (exact) mass is 290 g/mol. The average Bonchev–Trinajstić information content (AvgIpc) is 2.47. The van der Waals surface area contributed by atoms with E-state index in [2.05, 4.69) is 4.98 Å². The Balaban J connectivity index is 2.79. The fraction of sp³-hybridized carbons (Fsp3) is 0.214. The van der Waals surface area contributed by atoms with Gasteiger partial charge in [0.25, 0.3) is 5.56 Å². The summed E-state index contributed by atoms with van der Waals surface area (Å²) in [5.74, 6) is 0.364. The maximum atomic E-state index is 12.3. The largest absolute Gasteiger partial charge is 0.497 e. The highest BCUT2D eigenvalue weighted by atomic mass is 16.5. The van der Waals surface area contributed by atoms with Crippen molar-refractivity contribution in [1.29, 1.82) is 0 Å². The molecule has 0 saturated carbocycles. The first-order chi connectivity index (χ1) is 9.99. The SMILES string of the molecule is COc1ccc(-n2c(=O)[nH]cc(C(C)=O)c2=O)c(OC)c1. The predicted octanol–water partition coefficient (Wildman–Crippen LogP) is 0.746. The highest BCUT2D eigenvalue weighted by Crippen LogP contribution is 2.26. The van der Waals surface area contributed by atoms with Gasteiger partial charge < -0.3 is 14.5 Å². The van der Waals surface area contributed by atoms with Crippen molar-refractivity contribution in [2.75, 3.05) is 14.2 Å². The van der Waals surface area contributed by atoms with Crippen LogP contribution in [-0.2, 0) is 0 Å². The summed E-state index contributed by atoms with van der Waals surface area (Å²) in [6.45, 7) is 1.25. The Morgan fingerprint density at radius 1 is 1.19 bits per heavy atom. The first kappa shape index (κ1) is 14.6. The second kappa shape index (κ2) is 5.66. The molecule has 1 aromatic heterocycles. The normalized spacial score (nSPS) is 10.2. The lowest BCUT2D eigenvalue weighted by molar-refractivity contribution is 0.101. The van der Waals surface area contributed by atoms with Gasteiger partial charge in [-0.25, -0.2) is 9.36 Å². The molecule has 0 unspecified atom stereocenters. The zero-order chi connectivity index (χ0) is 15.6. The van der Waals surface area contributed by atoms with E-state index < -0.39 is 17.0 Å². The number of benzene rings is 1. The molecule has 7 heteroatoms. The molecular formula is C14H14N2O5. The quantitative estimate of drug-likeness (QED) is 0.839. The molecule has 1 N–H and O–H groups in total. The highest BCUT2D eigenvalue weighted by molar-refractivity contribution is 5.93. The van der Waals surface area contributed by atoms with E-state index in [9.17, 15) is 14.4 Å². The number of aromatic amines is 1. The lowest BCUT2D eigenvalue weighted by Gasteiger charge is -2.12. The van der Waals surface area contributed by atoms with Gasteiger partial charge in [-0.3, -0.25) is 9.59 Å². The van der Waals surface area contributed by atoms with E-state index in [1.165, 1.54) is 27.2 Å². The van der Waals surface area contributed by atoms with Crippen molar-refractivity contribution in [3.05, 3.63) is 50.8 Å². The van der Waals surface area contributed by atoms with E-state index >= 15 is 0 Å². The van der Waals surface area contributed by atoms with Gasteiger partial charge in [-0.15, -0.1) is 0 Å². The van der Waals surface area contributed by atoms with Gasteiger partial charge >= 0.3 is 5.69 Å². The van der Waals surface area contributed by atoms with Crippen LogP contribution in [0.4, 0.5) is 0 Å². The average molecular weight is 290 g/mol. The number of aromatic nitrogens is 2. The Morgan fingerprint density at radius 2 is 1.90 bits per heavy atom. The molecule has 0 amide bonds. The fourth-order valence-electron chi connectivity index (χ4n) is 1.91. The summed E-state index contributed by atoms with van der Waals surface area (Å²) >= 11 is 0. The number of nitrogens with zero attached hydrogens (tertiary/aromatic N) is 1. The minimum atomic E-state index is -0.699. The van der Waals surface area contributed by atoms with Gasteiger partial charge in [-0.2, -0.15) is 0 Å². The van der Waals surface area contributed by atoms with Crippen LogP contribution in [0, 0.1) is 0 Å². The van der Waals surface area contributed by atoms with Gasteiger partial charge in [-0.05, 0) is 19.1 Å². The number of carbonyl (C=O) groups excluding carboxylic acids is 1. The molecule has 0 bridgehead atoms. The van der Waals surface area contributed by atoms with E-state index in [1.54, 1.807) is 12.1 Å². The first-order valence-electron chi connectivity index (χ1n) is 6.07. The first-order valence-corrected chi connectivity index (χ1v) is 6.07. The van der Waals surface area contributed by atoms with Crippen molar-refractivity contribution >= 4 is 5.78 Å². The van der Waals surface area contributed by atoms with Crippen molar-refractivity contribution in [2.45, 2.75) is 6.92 Å². The van der Waals surface area contributed by atoms with Crippen LogP contribution < -0.4 is 20.7 Å². The Labute approximate surface area is 119 Å². The summed E-state index contributed by atoms with van der Waals surface area (Å²) < 4.78 is 11.1. The molecule has 0 aliphatic heterocycles. The molecule has 0 radical (unpaired) electrons. The molecule has 0 aliphatic carbocycles. The summed E-state index contributed by atoms with van der Waals surface area (Å²) in [7, 11) is 2.90. The molecule has 1 aromatic carbocycles. The number of H-pyrrole nitrogens is 1. The minimum Gasteiger partial charge on any atom is -0.497 e. The minimum absolute atomic E-state index is 0.104. The second-order valence-corrected chi connectivity index (χ2v) is 4.24. The van der Waals surface area contributed by atoms with Gasteiger partial charge in [0.1, 0.15) is 11.5 Å². The summed E-state index contributed by atoms with van der Waals surface area (Å²) in [5.41, 5.74) is -1.23. The predicted molar refractivity (Wildman–Crippen MR) is 75.8 cm³/mol. The maximum Gasteiger partial charge on any atom is 0.333 e. The lowest BCUT2D eigenvalue weighted by atomic mass is 10.2. The van der Waals surface area contributed by atoms with Crippen LogP contribution in [0.25, 0.3) is 5.69 Å². The topological polar surface area (TPSA) is 90.4 Å². The van der Waals surface area contributed by atoms with E-state index in [0.717, 1.165) is 10.8 Å². The third-order valence-corrected chi connectivity index (χ3v) is 2.98. The molecule has 7 nitrogen and oxygen atoms in total. The van der Waals surface area contributed by atoms with E-state index in [-0.39, 0.29) is 17.0 Å². The van der Waals surface area contributed by atoms with Crippen LogP contribution in [0.1, 0.15) is 17.3 Å². The Hall–Kier alpha value is -2.83.